The molecule has 0 radical (unpaired) electrons. The average Bonchev–Trinajstić information content (AvgIpc) is 2.48. The van der Waals surface area contributed by atoms with E-state index in [0.717, 1.165) is 19.3 Å². The van der Waals surface area contributed by atoms with E-state index in [1.165, 1.54) is 5.56 Å². The summed E-state index contributed by atoms with van der Waals surface area (Å²) in [6.45, 7) is 3.66. The van der Waals surface area contributed by atoms with Crippen molar-refractivity contribution in [3.8, 4) is 0 Å². The third kappa shape index (κ3) is 4.08. The molecule has 1 N–H and O–H groups in total. The summed E-state index contributed by atoms with van der Waals surface area (Å²) in [6, 6.07) is 10.1. The number of nitrogens with one attached hydrogen (secondary N) is 1. The van der Waals surface area contributed by atoms with E-state index in [2.05, 4.69) is 17.4 Å². The van der Waals surface area contributed by atoms with Gasteiger partial charge < -0.3 is 10.2 Å². The molecule has 1 saturated heterocycles. The zero-order valence-corrected chi connectivity index (χ0v) is 12.0. The van der Waals surface area contributed by atoms with E-state index in [4.69, 9.17) is 0 Å². The fraction of sp³-hybridized carbons (Fsp3) is 0.500. The number of nitrogens with zero attached hydrogens (tertiary/aromatic N) is 1. The lowest BCUT2D eigenvalue weighted by atomic mass is 9.96. The van der Waals surface area contributed by atoms with E-state index in [-0.39, 0.29) is 17.7 Å². The molecule has 1 aromatic carbocycles. The fourth-order valence-electron chi connectivity index (χ4n) is 2.58. The van der Waals surface area contributed by atoms with Crippen molar-refractivity contribution in [3.05, 3.63) is 35.9 Å². The molecular formula is C16H22N2O2. The first-order valence-corrected chi connectivity index (χ1v) is 7.24. The molecule has 0 spiro atoms. The van der Waals surface area contributed by atoms with Gasteiger partial charge in [-0.15, -0.1) is 0 Å². The third-order valence-electron chi connectivity index (χ3n) is 3.87. The number of carbonyl (C=O) groups is 2. The summed E-state index contributed by atoms with van der Waals surface area (Å²) >= 11 is 0. The minimum Gasteiger partial charge on any atom is -0.356 e. The van der Waals surface area contributed by atoms with Gasteiger partial charge in [-0.05, 0) is 24.8 Å². The number of likely N-dealkylation sites (tertiary alicyclic amines) is 1. The lowest BCUT2D eigenvalue weighted by Crippen LogP contribution is -2.42. The molecule has 0 bridgehead atoms. The minimum absolute atomic E-state index is 0.0568. The second kappa shape index (κ2) is 7.08. The Bertz CT molecular complexity index is 451. The molecule has 1 heterocycles. The normalized spacial score (nSPS) is 15.9. The van der Waals surface area contributed by atoms with E-state index in [0.29, 0.717) is 19.6 Å². The molecule has 0 aromatic heterocycles. The molecular weight excluding hydrogens is 252 g/mol. The number of hydrogen-bond acceptors (Lipinski definition) is 2. The van der Waals surface area contributed by atoms with Gasteiger partial charge in [0.05, 0.1) is 0 Å². The molecule has 4 heteroatoms. The highest BCUT2D eigenvalue weighted by molar-refractivity contribution is 5.79. The molecule has 0 saturated carbocycles. The molecule has 1 fully saturated rings. The summed E-state index contributed by atoms with van der Waals surface area (Å²) in [5.74, 6) is 0.290. The van der Waals surface area contributed by atoms with Crippen LogP contribution in [0.15, 0.2) is 30.3 Å². The van der Waals surface area contributed by atoms with Gasteiger partial charge in [0.15, 0.2) is 0 Å². The van der Waals surface area contributed by atoms with Gasteiger partial charge in [0.2, 0.25) is 11.8 Å². The number of carbonyl (C=O) groups excluding carboxylic acids is 2. The molecule has 0 atom stereocenters. The summed E-state index contributed by atoms with van der Waals surface area (Å²) in [6.07, 6.45) is 2.41. The van der Waals surface area contributed by atoms with E-state index in [1.807, 2.05) is 23.1 Å². The predicted octanol–water partition coefficient (Wildman–Crippen LogP) is 1.60. The molecule has 2 rings (SSSR count). The van der Waals surface area contributed by atoms with Crippen LogP contribution in [-0.4, -0.2) is 36.3 Å². The van der Waals surface area contributed by atoms with Crippen LogP contribution in [0.1, 0.15) is 25.3 Å². The SMILES string of the molecule is CC(=O)N1CCC(C(=O)NCCc2ccccc2)CC1. The minimum atomic E-state index is 0.0568. The van der Waals surface area contributed by atoms with Crippen molar-refractivity contribution >= 4 is 11.8 Å². The summed E-state index contributed by atoms with van der Waals surface area (Å²) in [5, 5.41) is 3.00. The van der Waals surface area contributed by atoms with Crippen LogP contribution in [0.2, 0.25) is 0 Å². The predicted molar refractivity (Wildman–Crippen MR) is 78.1 cm³/mol. The molecule has 108 valence electrons. The van der Waals surface area contributed by atoms with Gasteiger partial charge >= 0.3 is 0 Å². The number of hydrogen-bond donors (Lipinski definition) is 1. The zero-order valence-electron chi connectivity index (χ0n) is 12.0. The fourth-order valence-corrected chi connectivity index (χ4v) is 2.58. The topological polar surface area (TPSA) is 49.4 Å². The lowest BCUT2D eigenvalue weighted by Gasteiger charge is -2.30. The van der Waals surface area contributed by atoms with Crippen molar-refractivity contribution in [3.63, 3.8) is 0 Å². The van der Waals surface area contributed by atoms with E-state index >= 15 is 0 Å². The van der Waals surface area contributed by atoms with Crippen LogP contribution in [-0.2, 0) is 16.0 Å². The number of amides is 2. The zero-order chi connectivity index (χ0) is 14.4. The van der Waals surface area contributed by atoms with E-state index in [9.17, 15) is 9.59 Å². The van der Waals surface area contributed by atoms with Crippen molar-refractivity contribution < 1.29 is 9.59 Å². The molecule has 0 unspecified atom stereocenters. The molecule has 4 nitrogen and oxygen atoms in total. The highest BCUT2D eigenvalue weighted by Gasteiger charge is 2.25. The van der Waals surface area contributed by atoms with Crippen LogP contribution in [0, 0.1) is 5.92 Å². The Kier molecular flexibility index (Phi) is 5.16. The molecule has 1 aromatic rings. The highest BCUT2D eigenvalue weighted by atomic mass is 16.2. The van der Waals surface area contributed by atoms with Gasteiger partial charge in [-0.1, -0.05) is 30.3 Å². The van der Waals surface area contributed by atoms with Crippen molar-refractivity contribution in [1.29, 1.82) is 0 Å². The Morgan fingerprint density at radius 3 is 2.45 bits per heavy atom. The highest BCUT2D eigenvalue weighted by Crippen LogP contribution is 2.17. The summed E-state index contributed by atoms with van der Waals surface area (Å²) in [4.78, 5) is 25.1. The molecule has 1 aliphatic heterocycles. The van der Waals surface area contributed by atoms with Crippen molar-refractivity contribution in [1.82, 2.24) is 10.2 Å². The maximum atomic E-state index is 12.1. The van der Waals surface area contributed by atoms with Crippen LogP contribution >= 0.6 is 0 Å². The Balaban J connectivity index is 1.69. The molecule has 0 aliphatic carbocycles. The first-order valence-electron chi connectivity index (χ1n) is 7.24. The first kappa shape index (κ1) is 14.6. The monoisotopic (exact) mass is 274 g/mol. The van der Waals surface area contributed by atoms with Crippen LogP contribution in [0.3, 0.4) is 0 Å². The van der Waals surface area contributed by atoms with Gasteiger partial charge in [0.1, 0.15) is 0 Å². The third-order valence-corrected chi connectivity index (χ3v) is 3.87. The Hall–Kier alpha value is -1.84. The average molecular weight is 274 g/mol. The second-order valence-electron chi connectivity index (χ2n) is 5.31. The summed E-state index contributed by atoms with van der Waals surface area (Å²) in [5.41, 5.74) is 1.24. The number of rotatable bonds is 4. The van der Waals surface area contributed by atoms with Gasteiger partial charge in [0.25, 0.3) is 0 Å². The maximum Gasteiger partial charge on any atom is 0.223 e. The molecule has 20 heavy (non-hydrogen) atoms. The van der Waals surface area contributed by atoms with Crippen LogP contribution in [0.25, 0.3) is 0 Å². The second-order valence-corrected chi connectivity index (χ2v) is 5.31. The van der Waals surface area contributed by atoms with Gasteiger partial charge in [-0.25, -0.2) is 0 Å². The number of piperidine rings is 1. The number of benzene rings is 1. The van der Waals surface area contributed by atoms with Crippen molar-refractivity contribution in [2.45, 2.75) is 26.2 Å². The molecule has 2 amide bonds. The standard InChI is InChI=1S/C16H22N2O2/c1-13(19)18-11-8-15(9-12-18)16(20)17-10-7-14-5-3-2-4-6-14/h2-6,15H,7-12H2,1H3,(H,17,20). The Morgan fingerprint density at radius 2 is 1.85 bits per heavy atom. The lowest BCUT2D eigenvalue weighted by molar-refractivity contribution is -0.133. The van der Waals surface area contributed by atoms with Gasteiger partial charge in [0, 0.05) is 32.5 Å². The summed E-state index contributed by atoms with van der Waals surface area (Å²) in [7, 11) is 0. The Labute approximate surface area is 120 Å². The quantitative estimate of drug-likeness (QED) is 0.906. The Morgan fingerprint density at radius 1 is 1.20 bits per heavy atom. The van der Waals surface area contributed by atoms with Crippen molar-refractivity contribution in [2.24, 2.45) is 5.92 Å². The van der Waals surface area contributed by atoms with E-state index < -0.39 is 0 Å². The first-order chi connectivity index (χ1) is 9.66. The van der Waals surface area contributed by atoms with Gasteiger partial charge in [-0.3, -0.25) is 9.59 Å². The molecule has 1 aliphatic rings. The smallest absolute Gasteiger partial charge is 0.223 e. The van der Waals surface area contributed by atoms with Crippen LogP contribution in [0.4, 0.5) is 0 Å². The van der Waals surface area contributed by atoms with Crippen LogP contribution < -0.4 is 5.32 Å². The summed E-state index contributed by atoms with van der Waals surface area (Å²) < 4.78 is 0. The maximum absolute atomic E-state index is 12.1. The van der Waals surface area contributed by atoms with Gasteiger partial charge in [-0.2, -0.15) is 0 Å². The largest absolute Gasteiger partial charge is 0.356 e. The van der Waals surface area contributed by atoms with E-state index in [1.54, 1.807) is 6.92 Å². The van der Waals surface area contributed by atoms with Crippen LogP contribution in [0.5, 0.6) is 0 Å². The van der Waals surface area contributed by atoms with Crippen molar-refractivity contribution in [2.75, 3.05) is 19.6 Å².